The summed E-state index contributed by atoms with van der Waals surface area (Å²) in [7, 11) is 1.38. The van der Waals surface area contributed by atoms with Crippen LogP contribution in [0, 0.1) is 0 Å². The Morgan fingerprint density at radius 3 is 2.30 bits per heavy atom. The molecule has 0 bridgehead atoms. The molecule has 3 aromatic rings. The second-order valence-corrected chi connectivity index (χ2v) is 6.65. The molecular weight excluding hydrogens is 395 g/mol. The smallest absolute Gasteiger partial charge is 0.416 e. The van der Waals surface area contributed by atoms with Gasteiger partial charge in [0.2, 0.25) is 0 Å². The van der Waals surface area contributed by atoms with Crippen LogP contribution in [0.5, 0.6) is 5.75 Å². The predicted octanol–water partition coefficient (Wildman–Crippen LogP) is 5.28. The molecule has 0 aliphatic rings. The molecular formula is C22H22F3N3O2. The van der Waals surface area contributed by atoms with Crippen LogP contribution >= 0.6 is 0 Å². The van der Waals surface area contributed by atoms with Gasteiger partial charge in [-0.1, -0.05) is 38.1 Å². The monoisotopic (exact) mass is 417 g/mol. The Hall–Kier alpha value is -3.29. The molecule has 0 aliphatic carbocycles. The number of benzene rings is 2. The molecule has 0 radical (unpaired) electrons. The van der Waals surface area contributed by atoms with Crippen molar-refractivity contribution in [2.75, 3.05) is 12.4 Å². The van der Waals surface area contributed by atoms with E-state index >= 15 is 0 Å². The van der Waals surface area contributed by atoms with E-state index in [-0.39, 0.29) is 17.1 Å². The molecule has 1 N–H and O–H groups in total. The van der Waals surface area contributed by atoms with E-state index in [1.807, 2.05) is 32.0 Å². The highest BCUT2D eigenvalue weighted by Crippen LogP contribution is 2.31. The van der Waals surface area contributed by atoms with Gasteiger partial charge in [-0.3, -0.25) is 4.79 Å². The van der Waals surface area contributed by atoms with Crippen molar-refractivity contribution in [1.82, 2.24) is 9.78 Å². The highest BCUT2D eigenvalue weighted by atomic mass is 19.4. The van der Waals surface area contributed by atoms with Crippen molar-refractivity contribution in [2.45, 2.75) is 32.9 Å². The van der Waals surface area contributed by atoms with E-state index in [1.165, 1.54) is 30.1 Å². The summed E-state index contributed by atoms with van der Waals surface area (Å²) >= 11 is 0. The number of carbonyl (C=O) groups is 1. The van der Waals surface area contributed by atoms with Gasteiger partial charge in [0.25, 0.3) is 5.91 Å². The number of alkyl halides is 3. The van der Waals surface area contributed by atoms with E-state index in [9.17, 15) is 18.0 Å². The SMILES string of the molecule is CCc1cccc(CC)c1NC(=O)c1nn(-c2cccc(C(F)(F)F)c2)cc1OC. The standard InChI is InChI=1S/C22H22F3N3O2/c1-4-14-8-6-9-15(5-2)19(14)26-21(29)20-18(30-3)13-28(27-20)17-11-7-10-16(12-17)22(23,24)25/h6-13H,4-5H2,1-3H3,(H,26,29). The van der Waals surface area contributed by atoms with Crippen LogP contribution in [0.15, 0.2) is 48.7 Å². The van der Waals surface area contributed by atoms with Crippen LogP contribution in [0.25, 0.3) is 5.69 Å². The number of rotatable bonds is 6. The lowest BCUT2D eigenvalue weighted by molar-refractivity contribution is -0.137. The van der Waals surface area contributed by atoms with Gasteiger partial charge in [-0.05, 0) is 42.2 Å². The number of methoxy groups -OCH3 is 1. The number of ether oxygens (including phenoxy) is 1. The van der Waals surface area contributed by atoms with E-state index in [1.54, 1.807) is 0 Å². The van der Waals surface area contributed by atoms with Gasteiger partial charge in [0.15, 0.2) is 11.4 Å². The largest absolute Gasteiger partial charge is 0.493 e. The average Bonchev–Trinajstić information content (AvgIpc) is 3.18. The third-order valence-corrected chi connectivity index (χ3v) is 4.79. The van der Waals surface area contributed by atoms with Crippen LogP contribution in [0.4, 0.5) is 18.9 Å². The Balaban J connectivity index is 1.97. The van der Waals surface area contributed by atoms with Gasteiger partial charge in [-0.25, -0.2) is 4.68 Å². The number of hydrogen-bond donors (Lipinski definition) is 1. The van der Waals surface area contributed by atoms with Crippen LogP contribution in [0.1, 0.15) is 41.0 Å². The molecule has 0 fully saturated rings. The summed E-state index contributed by atoms with van der Waals surface area (Å²) < 4.78 is 45.5. The summed E-state index contributed by atoms with van der Waals surface area (Å²) in [5.41, 5.74) is 2.05. The number of nitrogens with zero attached hydrogens (tertiary/aromatic N) is 2. The van der Waals surface area contributed by atoms with E-state index < -0.39 is 17.6 Å². The zero-order valence-corrected chi connectivity index (χ0v) is 16.9. The zero-order valence-electron chi connectivity index (χ0n) is 16.9. The normalized spacial score (nSPS) is 11.4. The second kappa shape index (κ2) is 8.61. The van der Waals surface area contributed by atoms with E-state index in [4.69, 9.17) is 4.74 Å². The molecule has 0 aliphatic heterocycles. The Morgan fingerprint density at radius 1 is 1.10 bits per heavy atom. The number of carbonyl (C=O) groups excluding carboxylic acids is 1. The number of anilines is 1. The number of hydrogen-bond acceptors (Lipinski definition) is 3. The number of aromatic nitrogens is 2. The molecule has 2 aromatic carbocycles. The third-order valence-electron chi connectivity index (χ3n) is 4.79. The fourth-order valence-corrected chi connectivity index (χ4v) is 3.20. The maximum atomic E-state index is 13.0. The third kappa shape index (κ3) is 4.32. The summed E-state index contributed by atoms with van der Waals surface area (Å²) in [5, 5.41) is 7.09. The minimum absolute atomic E-state index is 0.0112. The quantitative estimate of drug-likeness (QED) is 0.594. The lowest BCUT2D eigenvalue weighted by Crippen LogP contribution is -2.16. The van der Waals surface area contributed by atoms with Crippen molar-refractivity contribution in [2.24, 2.45) is 0 Å². The first kappa shape index (κ1) is 21.4. The topological polar surface area (TPSA) is 56.2 Å². The molecule has 8 heteroatoms. The molecule has 1 heterocycles. The second-order valence-electron chi connectivity index (χ2n) is 6.65. The first-order valence-electron chi connectivity index (χ1n) is 9.51. The maximum Gasteiger partial charge on any atom is 0.416 e. The van der Waals surface area contributed by atoms with Crippen LogP contribution < -0.4 is 10.1 Å². The first-order chi connectivity index (χ1) is 14.3. The Bertz CT molecular complexity index is 1040. The zero-order chi connectivity index (χ0) is 21.9. The van der Waals surface area contributed by atoms with Crippen molar-refractivity contribution in [3.05, 3.63) is 71.0 Å². The van der Waals surface area contributed by atoms with Gasteiger partial charge in [0.1, 0.15) is 0 Å². The van der Waals surface area contributed by atoms with E-state index in [2.05, 4.69) is 10.4 Å². The molecule has 0 spiro atoms. The summed E-state index contributed by atoms with van der Waals surface area (Å²) in [6, 6.07) is 10.5. The van der Waals surface area contributed by atoms with E-state index in [0.717, 1.165) is 41.8 Å². The number of para-hydroxylation sites is 1. The fraction of sp³-hybridized carbons (Fsp3) is 0.273. The molecule has 158 valence electrons. The number of nitrogens with one attached hydrogen (secondary N) is 1. The lowest BCUT2D eigenvalue weighted by atomic mass is 10.0. The van der Waals surface area contributed by atoms with Gasteiger partial charge in [-0.15, -0.1) is 0 Å². The lowest BCUT2D eigenvalue weighted by Gasteiger charge is -2.14. The summed E-state index contributed by atoms with van der Waals surface area (Å²) in [6.07, 6.45) is -1.62. The summed E-state index contributed by atoms with van der Waals surface area (Å²) in [6.45, 7) is 3.99. The molecule has 1 amide bonds. The molecule has 0 atom stereocenters. The molecule has 0 saturated heterocycles. The highest BCUT2D eigenvalue weighted by molar-refractivity contribution is 6.05. The molecule has 0 saturated carbocycles. The van der Waals surface area contributed by atoms with Gasteiger partial charge >= 0.3 is 6.18 Å². The number of amides is 1. The van der Waals surface area contributed by atoms with Gasteiger partial charge < -0.3 is 10.1 Å². The highest BCUT2D eigenvalue weighted by Gasteiger charge is 2.31. The van der Waals surface area contributed by atoms with Crippen LogP contribution in [0.2, 0.25) is 0 Å². The van der Waals surface area contributed by atoms with Gasteiger partial charge in [0.05, 0.1) is 24.6 Å². The molecule has 0 unspecified atom stereocenters. The minimum Gasteiger partial charge on any atom is -0.493 e. The molecule has 30 heavy (non-hydrogen) atoms. The number of halogens is 3. The number of aryl methyl sites for hydroxylation is 2. The average molecular weight is 417 g/mol. The Labute approximate surface area is 172 Å². The van der Waals surface area contributed by atoms with Crippen molar-refractivity contribution < 1.29 is 22.7 Å². The molecule has 5 nitrogen and oxygen atoms in total. The van der Waals surface area contributed by atoms with E-state index in [0.29, 0.717) is 0 Å². The summed E-state index contributed by atoms with van der Waals surface area (Å²) in [5.74, 6) is -0.329. The van der Waals surface area contributed by atoms with Crippen LogP contribution in [-0.4, -0.2) is 22.8 Å². The Kier molecular flexibility index (Phi) is 6.14. The van der Waals surface area contributed by atoms with Crippen LogP contribution in [-0.2, 0) is 19.0 Å². The van der Waals surface area contributed by atoms with Crippen LogP contribution in [0.3, 0.4) is 0 Å². The van der Waals surface area contributed by atoms with Crippen molar-refractivity contribution in [3.63, 3.8) is 0 Å². The van der Waals surface area contributed by atoms with Gasteiger partial charge in [-0.2, -0.15) is 18.3 Å². The molecule has 1 aromatic heterocycles. The molecule has 3 rings (SSSR count). The summed E-state index contributed by atoms with van der Waals surface area (Å²) in [4.78, 5) is 13.0. The van der Waals surface area contributed by atoms with Crippen molar-refractivity contribution in [1.29, 1.82) is 0 Å². The maximum absolute atomic E-state index is 13.0. The fourth-order valence-electron chi connectivity index (χ4n) is 3.20. The Morgan fingerprint density at radius 2 is 1.73 bits per heavy atom. The van der Waals surface area contributed by atoms with Crippen molar-refractivity contribution >= 4 is 11.6 Å². The van der Waals surface area contributed by atoms with Gasteiger partial charge in [0, 0.05) is 5.69 Å². The minimum atomic E-state index is -4.48. The van der Waals surface area contributed by atoms with Crippen molar-refractivity contribution in [3.8, 4) is 11.4 Å². The predicted molar refractivity (Wildman–Crippen MR) is 108 cm³/mol. The first-order valence-corrected chi connectivity index (χ1v) is 9.51.